The van der Waals surface area contributed by atoms with Crippen LogP contribution in [0.4, 0.5) is 0 Å². The molecule has 0 radical (unpaired) electrons. The van der Waals surface area contributed by atoms with Crippen molar-refractivity contribution in [1.82, 2.24) is 0 Å². The highest BCUT2D eigenvalue weighted by molar-refractivity contribution is 5.88. The standard InChI is InChI=1S/C16H13NO4/c17-9-13(14(18)5-4-12-2-1-7-19-12)11-3-6-15-16(8-11)21-10-20-15/h1-3,6-8,13H,4-5,10H2. The van der Waals surface area contributed by atoms with E-state index >= 15 is 0 Å². The van der Waals surface area contributed by atoms with Gasteiger partial charge in [0.1, 0.15) is 11.7 Å². The van der Waals surface area contributed by atoms with Gasteiger partial charge >= 0.3 is 0 Å². The van der Waals surface area contributed by atoms with Gasteiger partial charge in [-0.1, -0.05) is 6.07 Å². The molecule has 0 saturated carbocycles. The van der Waals surface area contributed by atoms with Crippen LogP contribution in [0.1, 0.15) is 23.7 Å². The fraction of sp³-hybridized carbons (Fsp3) is 0.250. The van der Waals surface area contributed by atoms with Crippen molar-refractivity contribution in [3.63, 3.8) is 0 Å². The Morgan fingerprint density at radius 3 is 2.90 bits per heavy atom. The Kier molecular flexibility index (Phi) is 3.61. The number of carbonyl (C=O) groups is 1. The molecule has 2 aromatic rings. The third-order valence-corrected chi connectivity index (χ3v) is 3.38. The van der Waals surface area contributed by atoms with Crippen molar-refractivity contribution in [2.75, 3.05) is 6.79 Å². The Morgan fingerprint density at radius 1 is 1.29 bits per heavy atom. The van der Waals surface area contributed by atoms with Gasteiger partial charge in [0, 0.05) is 12.8 Å². The molecule has 0 aliphatic carbocycles. The zero-order chi connectivity index (χ0) is 14.7. The summed E-state index contributed by atoms with van der Waals surface area (Å²) < 4.78 is 15.7. The van der Waals surface area contributed by atoms with Gasteiger partial charge in [-0.2, -0.15) is 5.26 Å². The van der Waals surface area contributed by atoms with Gasteiger partial charge in [-0.25, -0.2) is 0 Å². The van der Waals surface area contributed by atoms with Gasteiger partial charge in [-0.05, 0) is 29.8 Å². The number of hydrogen-bond donors (Lipinski definition) is 0. The van der Waals surface area contributed by atoms with Crippen LogP contribution >= 0.6 is 0 Å². The van der Waals surface area contributed by atoms with Crippen LogP contribution in [0, 0.1) is 11.3 Å². The second kappa shape index (κ2) is 5.71. The molecule has 0 N–H and O–H groups in total. The summed E-state index contributed by atoms with van der Waals surface area (Å²) in [6.45, 7) is 0.169. The lowest BCUT2D eigenvalue weighted by Gasteiger charge is -2.09. The molecule has 3 rings (SSSR count). The van der Waals surface area contributed by atoms with Crippen LogP contribution in [-0.2, 0) is 11.2 Å². The molecule has 1 aromatic carbocycles. The Morgan fingerprint density at radius 2 is 2.14 bits per heavy atom. The molecule has 2 heterocycles. The number of carbonyl (C=O) groups excluding carboxylic acids is 1. The van der Waals surface area contributed by atoms with E-state index in [2.05, 4.69) is 6.07 Å². The van der Waals surface area contributed by atoms with Crippen molar-refractivity contribution in [3.05, 3.63) is 47.9 Å². The molecule has 21 heavy (non-hydrogen) atoms. The normalized spacial score (nSPS) is 13.7. The summed E-state index contributed by atoms with van der Waals surface area (Å²) in [5.41, 5.74) is 0.631. The number of nitriles is 1. The molecule has 1 atom stereocenters. The minimum absolute atomic E-state index is 0.132. The smallest absolute Gasteiger partial charge is 0.231 e. The molecular weight excluding hydrogens is 270 g/mol. The maximum absolute atomic E-state index is 12.2. The van der Waals surface area contributed by atoms with E-state index in [-0.39, 0.29) is 19.0 Å². The fourth-order valence-electron chi connectivity index (χ4n) is 2.27. The van der Waals surface area contributed by atoms with Gasteiger partial charge in [0.05, 0.1) is 12.3 Å². The summed E-state index contributed by atoms with van der Waals surface area (Å²) >= 11 is 0. The third-order valence-electron chi connectivity index (χ3n) is 3.38. The first-order valence-corrected chi connectivity index (χ1v) is 6.62. The van der Waals surface area contributed by atoms with Crippen molar-refractivity contribution in [1.29, 1.82) is 5.26 Å². The molecule has 5 nitrogen and oxygen atoms in total. The first-order chi connectivity index (χ1) is 10.3. The third kappa shape index (κ3) is 2.75. The van der Waals surface area contributed by atoms with E-state index in [0.717, 1.165) is 5.76 Å². The zero-order valence-electron chi connectivity index (χ0n) is 11.2. The number of benzene rings is 1. The molecule has 0 saturated heterocycles. The minimum Gasteiger partial charge on any atom is -0.469 e. The van der Waals surface area contributed by atoms with Crippen LogP contribution in [0.3, 0.4) is 0 Å². The zero-order valence-corrected chi connectivity index (χ0v) is 11.2. The van der Waals surface area contributed by atoms with Crippen LogP contribution in [0.15, 0.2) is 41.0 Å². The van der Waals surface area contributed by atoms with Crippen LogP contribution in [-0.4, -0.2) is 12.6 Å². The van der Waals surface area contributed by atoms with E-state index in [1.165, 1.54) is 0 Å². The molecular formula is C16H13NO4. The summed E-state index contributed by atoms with van der Waals surface area (Å²) in [6.07, 6.45) is 2.33. The highest BCUT2D eigenvalue weighted by Gasteiger charge is 2.23. The first kappa shape index (κ1) is 13.3. The Bertz CT molecular complexity index is 685. The average molecular weight is 283 g/mol. The number of rotatable bonds is 5. The molecule has 1 aromatic heterocycles. The highest BCUT2D eigenvalue weighted by atomic mass is 16.7. The molecule has 1 aliphatic rings. The van der Waals surface area contributed by atoms with Gasteiger partial charge in [-0.3, -0.25) is 4.79 Å². The van der Waals surface area contributed by atoms with E-state index in [1.54, 1.807) is 30.5 Å². The Hall–Kier alpha value is -2.74. The topological polar surface area (TPSA) is 72.5 Å². The van der Waals surface area contributed by atoms with Gasteiger partial charge in [0.15, 0.2) is 17.3 Å². The predicted octanol–water partition coefficient (Wildman–Crippen LogP) is 2.82. The van der Waals surface area contributed by atoms with Gasteiger partial charge in [-0.15, -0.1) is 0 Å². The molecule has 1 unspecified atom stereocenters. The average Bonchev–Trinajstić information content (AvgIpc) is 3.16. The SMILES string of the molecule is N#CC(C(=O)CCc1ccco1)c1ccc2c(c1)OCO2. The maximum Gasteiger partial charge on any atom is 0.231 e. The summed E-state index contributed by atoms with van der Waals surface area (Å²) in [5.74, 6) is 1.03. The molecule has 5 heteroatoms. The molecule has 106 valence electrons. The lowest BCUT2D eigenvalue weighted by Crippen LogP contribution is -2.11. The summed E-state index contributed by atoms with van der Waals surface area (Å²) in [6, 6.07) is 10.8. The van der Waals surface area contributed by atoms with E-state index in [0.29, 0.717) is 23.5 Å². The summed E-state index contributed by atoms with van der Waals surface area (Å²) in [5, 5.41) is 9.29. The number of hydrogen-bond acceptors (Lipinski definition) is 5. The lowest BCUT2D eigenvalue weighted by atomic mass is 9.93. The highest BCUT2D eigenvalue weighted by Crippen LogP contribution is 2.35. The van der Waals surface area contributed by atoms with Gasteiger partial charge in [0.25, 0.3) is 0 Å². The number of Topliss-reactive ketones (excluding diaryl/α,β-unsaturated/α-hetero) is 1. The number of ketones is 1. The van der Waals surface area contributed by atoms with Gasteiger partial charge in [0.2, 0.25) is 6.79 Å². The maximum atomic E-state index is 12.2. The quantitative estimate of drug-likeness (QED) is 0.843. The van der Waals surface area contributed by atoms with Gasteiger partial charge < -0.3 is 13.9 Å². The molecule has 0 fully saturated rings. The van der Waals surface area contributed by atoms with Crippen LogP contribution in [0.2, 0.25) is 0 Å². The molecule has 0 spiro atoms. The summed E-state index contributed by atoms with van der Waals surface area (Å²) in [7, 11) is 0. The fourth-order valence-corrected chi connectivity index (χ4v) is 2.27. The van der Waals surface area contributed by atoms with Crippen molar-refractivity contribution >= 4 is 5.78 Å². The van der Waals surface area contributed by atoms with E-state index in [1.807, 2.05) is 6.07 Å². The van der Waals surface area contributed by atoms with Crippen LogP contribution in [0.25, 0.3) is 0 Å². The largest absolute Gasteiger partial charge is 0.469 e. The second-order valence-electron chi connectivity index (χ2n) is 4.72. The predicted molar refractivity (Wildman–Crippen MR) is 73.0 cm³/mol. The van der Waals surface area contributed by atoms with Crippen molar-refractivity contribution < 1.29 is 18.7 Å². The number of fused-ring (bicyclic) bond motifs is 1. The number of ether oxygens (including phenoxy) is 2. The molecule has 0 amide bonds. The first-order valence-electron chi connectivity index (χ1n) is 6.62. The second-order valence-corrected chi connectivity index (χ2v) is 4.72. The van der Waals surface area contributed by atoms with E-state index in [9.17, 15) is 10.1 Å². The van der Waals surface area contributed by atoms with Crippen molar-refractivity contribution in [2.24, 2.45) is 0 Å². The van der Waals surface area contributed by atoms with E-state index < -0.39 is 5.92 Å². The minimum atomic E-state index is -0.797. The Balaban J connectivity index is 1.72. The molecule has 1 aliphatic heterocycles. The number of nitrogens with zero attached hydrogens (tertiary/aromatic N) is 1. The summed E-state index contributed by atoms with van der Waals surface area (Å²) in [4.78, 5) is 12.2. The van der Waals surface area contributed by atoms with Crippen LogP contribution in [0.5, 0.6) is 11.5 Å². The van der Waals surface area contributed by atoms with Crippen molar-refractivity contribution in [2.45, 2.75) is 18.8 Å². The number of aryl methyl sites for hydroxylation is 1. The molecule has 0 bridgehead atoms. The van der Waals surface area contributed by atoms with Crippen molar-refractivity contribution in [3.8, 4) is 17.6 Å². The Labute approximate surface area is 121 Å². The lowest BCUT2D eigenvalue weighted by molar-refractivity contribution is -0.119. The van der Waals surface area contributed by atoms with Crippen LogP contribution < -0.4 is 9.47 Å². The monoisotopic (exact) mass is 283 g/mol. The van der Waals surface area contributed by atoms with E-state index in [4.69, 9.17) is 13.9 Å². The number of furan rings is 1.